The second-order valence-corrected chi connectivity index (χ2v) is 6.81. The van der Waals surface area contributed by atoms with Crippen molar-refractivity contribution in [3.63, 3.8) is 0 Å². The lowest BCUT2D eigenvalue weighted by atomic mass is 10.1. The molecule has 1 aromatic rings. The number of methoxy groups -OCH3 is 1. The van der Waals surface area contributed by atoms with Gasteiger partial charge in [0.15, 0.2) is 0 Å². The second kappa shape index (κ2) is 7.91. The fourth-order valence-electron chi connectivity index (χ4n) is 1.96. The van der Waals surface area contributed by atoms with E-state index in [2.05, 4.69) is 54.2 Å². The van der Waals surface area contributed by atoms with E-state index >= 15 is 0 Å². The smallest absolute Gasteiger partial charge is 0.133 e. The highest BCUT2D eigenvalue weighted by Crippen LogP contribution is 2.26. The van der Waals surface area contributed by atoms with Gasteiger partial charge in [-0.05, 0) is 80.2 Å². The highest BCUT2D eigenvalue weighted by molar-refractivity contribution is 9.10. The third-order valence-corrected chi connectivity index (χ3v) is 3.63. The lowest BCUT2D eigenvalue weighted by molar-refractivity contribution is 0.412. The first-order chi connectivity index (χ1) is 8.92. The highest BCUT2D eigenvalue weighted by Gasteiger charge is 2.07. The van der Waals surface area contributed by atoms with E-state index in [9.17, 15) is 0 Å². The minimum Gasteiger partial charge on any atom is -0.496 e. The fourth-order valence-corrected chi connectivity index (χ4v) is 2.55. The van der Waals surface area contributed by atoms with Crippen LogP contribution < -0.4 is 10.1 Å². The van der Waals surface area contributed by atoms with E-state index in [0.717, 1.165) is 23.2 Å². The Morgan fingerprint density at radius 3 is 2.47 bits per heavy atom. The number of hydrogen-bond donors (Lipinski definition) is 1. The average molecular weight is 328 g/mol. The van der Waals surface area contributed by atoms with Crippen LogP contribution in [0.3, 0.4) is 0 Å². The van der Waals surface area contributed by atoms with Crippen molar-refractivity contribution >= 4 is 15.9 Å². The van der Waals surface area contributed by atoms with E-state index in [0.29, 0.717) is 0 Å². The molecule has 0 aliphatic rings. The fraction of sp³-hybridized carbons (Fsp3) is 0.625. The standard InChI is InChI=1S/C16H26BrNO/c1-16(2,3)18-11-7-5-6-8-13-9-10-15(19-4)14(17)12-13/h9-10,12,18H,5-8,11H2,1-4H3. The predicted octanol–water partition coefficient (Wildman–Crippen LogP) is 4.56. The predicted molar refractivity (Wildman–Crippen MR) is 86.0 cm³/mol. The van der Waals surface area contributed by atoms with Crippen LogP contribution in [0, 0.1) is 0 Å². The van der Waals surface area contributed by atoms with Gasteiger partial charge < -0.3 is 10.1 Å². The average Bonchev–Trinajstić information content (AvgIpc) is 2.32. The molecule has 0 amide bonds. The molecule has 0 atom stereocenters. The van der Waals surface area contributed by atoms with Crippen molar-refractivity contribution in [2.45, 2.75) is 52.0 Å². The van der Waals surface area contributed by atoms with Crippen LogP contribution in [0.1, 0.15) is 45.6 Å². The molecule has 19 heavy (non-hydrogen) atoms. The summed E-state index contributed by atoms with van der Waals surface area (Å²) in [5.74, 6) is 0.901. The summed E-state index contributed by atoms with van der Waals surface area (Å²) in [5.41, 5.74) is 1.61. The molecule has 2 nitrogen and oxygen atoms in total. The van der Waals surface area contributed by atoms with Crippen LogP contribution in [0.5, 0.6) is 5.75 Å². The Hall–Kier alpha value is -0.540. The molecule has 0 aliphatic carbocycles. The van der Waals surface area contributed by atoms with Crippen LogP contribution >= 0.6 is 15.9 Å². The van der Waals surface area contributed by atoms with Gasteiger partial charge in [0.2, 0.25) is 0 Å². The first-order valence-corrected chi connectivity index (χ1v) is 7.79. The molecule has 0 aliphatic heterocycles. The third kappa shape index (κ3) is 6.98. The Labute approximate surface area is 126 Å². The van der Waals surface area contributed by atoms with Crippen LogP contribution in [-0.2, 0) is 6.42 Å². The van der Waals surface area contributed by atoms with E-state index < -0.39 is 0 Å². The maximum atomic E-state index is 5.23. The van der Waals surface area contributed by atoms with Gasteiger partial charge in [-0.1, -0.05) is 12.5 Å². The van der Waals surface area contributed by atoms with E-state index in [-0.39, 0.29) is 5.54 Å². The molecule has 3 heteroatoms. The normalized spacial score (nSPS) is 11.6. The minimum absolute atomic E-state index is 0.237. The summed E-state index contributed by atoms with van der Waals surface area (Å²) in [6.45, 7) is 7.74. The Balaban J connectivity index is 2.21. The molecule has 108 valence electrons. The molecular formula is C16H26BrNO. The number of hydrogen-bond acceptors (Lipinski definition) is 2. The van der Waals surface area contributed by atoms with Crippen LogP contribution in [0.4, 0.5) is 0 Å². The van der Waals surface area contributed by atoms with Gasteiger partial charge in [-0.15, -0.1) is 0 Å². The lowest BCUT2D eigenvalue weighted by Crippen LogP contribution is -2.36. The lowest BCUT2D eigenvalue weighted by Gasteiger charge is -2.20. The summed E-state index contributed by atoms with van der Waals surface area (Å²) in [7, 11) is 1.70. The summed E-state index contributed by atoms with van der Waals surface area (Å²) >= 11 is 3.53. The van der Waals surface area contributed by atoms with Crippen LogP contribution in [-0.4, -0.2) is 19.2 Å². The maximum absolute atomic E-state index is 5.23. The molecule has 0 radical (unpaired) electrons. The maximum Gasteiger partial charge on any atom is 0.133 e. The van der Waals surface area contributed by atoms with Crippen molar-refractivity contribution in [3.8, 4) is 5.75 Å². The highest BCUT2D eigenvalue weighted by atomic mass is 79.9. The minimum atomic E-state index is 0.237. The van der Waals surface area contributed by atoms with Gasteiger partial charge >= 0.3 is 0 Å². The van der Waals surface area contributed by atoms with Crippen molar-refractivity contribution in [3.05, 3.63) is 28.2 Å². The number of unbranched alkanes of at least 4 members (excludes halogenated alkanes) is 2. The third-order valence-electron chi connectivity index (χ3n) is 3.01. The first kappa shape index (κ1) is 16.5. The number of ether oxygens (including phenoxy) is 1. The summed E-state index contributed by atoms with van der Waals surface area (Å²) in [5, 5.41) is 3.52. The largest absolute Gasteiger partial charge is 0.496 e. The molecule has 1 rings (SSSR count). The molecule has 0 saturated carbocycles. The first-order valence-electron chi connectivity index (χ1n) is 7.00. The summed E-state index contributed by atoms with van der Waals surface area (Å²) in [6, 6.07) is 6.34. The van der Waals surface area contributed by atoms with Crippen LogP contribution in [0.25, 0.3) is 0 Å². The number of benzene rings is 1. The number of halogens is 1. The van der Waals surface area contributed by atoms with Gasteiger partial charge in [0, 0.05) is 5.54 Å². The van der Waals surface area contributed by atoms with Crippen molar-refractivity contribution in [1.29, 1.82) is 0 Å². The van der Waals surface area contributed by atoms with Crippen molar-refractivity contribution in [2.24, 2.45) is 0 Å². The zero-order valence-electron chi connectivity index (χ0n) is 12.6. The molecule has 0 spiro atoms. The van der Waals surface area contributed by atoms with Gasteiger partial charge in [0.25, 0.3) is 0 Å². The molecule has 1 aromatic carbocycles. The van der Waals surface area contributed by atoms with Crippen LogP contribution in [0.15, 0.2) is 22.7 Å². The van der Waals surface area contributed by atoms with Gasteiger partial charge in [0.1, 0.15) is 5.75 Å². The van der Waals surface area contributed by atoms with Gasteiger partial charge in [-0.3, -0.25) is 0 Å². The van der Waals surface area contributed by atoms with Gasteiger partial charge in [-0.25, -0.2) is 0 Å². The Bertz CT molecular complexity index is 385. The van der Waals surface area contributed by atoms with Crippen molar-refractivity contribution in [1.82, 2.24) is 5.32 Å². The zero-order chi connectivity index (χ0) is 14.3. The molecule has 0 saturated heterocycles. The Morgan fingerprint density at radius 2 is 1.89 bits per heavy atom. The SMILES string of the molecule is COc1ccc(CCCCCNC(C)(C)C)cc1Br. The number of rotatable bonds is 7. The monoisotopic (exact) mass is 327 g/mol. The number of nitrogens with one attached hydrogen (secondary N) is 1. The molecule has 0 unspecified atom stereocenters. The number of aryl methyl sites for hydroxylation is 1. The van der Waals surface area contributed by atoms with E-state index in [1.807, 2.05) is 6.07 Å². The summed E-state index contributed by atoms with van der Waals surface area (Å²) in [6.07, 6.45) is 4.89. The quantitative estimate of drug-likeness (QED) is 0.741. The molecule has 0 aromatic heterocycles. The van der Waals surface area contributed by atoms with E-state index in [4.69, 9.17) is 4.74 Å². The second-order valence-electron chi connectivity index (χ2n) is 5.96. The van der Waals surface area contributed by atoms with Crippen LogP contribution in [0.2, 0.25) is 0 Å². The van der Waals surface area contributed by atoms with Crippen molar-refractivity contribution in [2.75, 3.05) is 13.7 Å². The topological polar surface area (TPSA) is 21.3 Å². The summed E-state index contributed by atoms with van der Waals surface area (Å²) < 4.78 is 6.28. The van der Waals surface area contributed by atoms with Gasteiger partial charge in [0.05, 0.1) is 11.6 Å². The molecule has 0 fully saturated rings. The Kier molecular flexibility index (Phi) is 6.87. The zero-order valence-corrected chi connectivity index (χ0v) is 14.1. The van der Waals surface area contributed by atoms with Gasteiger partial charge in [-0.2, -0.15) is 0 Å². The molecule has 0 heterocycles. The van der Waals surface area contributed by atoms with E-state index in [1.54, 1.807) is 7.11 Å². The molecule has 0 bridgehead atoms. The summed E-state index contributed by atoms with van der Waals surface area (Å²) in [4.78, 5) is 0. The molecular weight excluding hydrogens is 302 g/mol. The van der Waals surface area contributed by atoms with E-state index in [1.165, 1.54) is 24.8 Å². The van der Waals surface area contributed by atoms with Crippen molar-refractivity contribution < 1.29 is 4.74 Å². The Morgan fingerprint density at radius 1 is 1.16 bits per heavy atom. The molecule has 1 N–H and O–H groups in total.